The molecule has 1 aliphatic rings. The number of hydrogen-bond donors (Lipinski definition) is 1. The van der Waals surface area contributed by atoms with Crippen LogP contribution in [0, 0.1) is 6.92 Å². The minimum absolute atomic E-state index is 0.299. The van der Waals surface area contributed by atoms with Gasteiger partial charge in [-0.15, -0.1) is 0 Å². The van der Waals surface area contributed by atoms with Crippen LogP contribution in [-0.2, 0) is 4.74 Å². The second-order valence-corrected chi connectivity index (χ2v) is 5.86. The quantitative estimate of drug-likeness (QED) is 0.862. The molecule has 4 heteroatoms. The number of benzene rings is 2. The van der Waals surface area contributed by atoms with Gasteiger partial charge in [-0.3, -0.25) is 0 Å². The van der Waals surface area contributed by atoms with Crippen molar-refractivity contribution in [3.63, 3.8) is 0 Å². The molecule has 1 N–H and O–H groups in total. The minimum atomic E-state index is -0.299. The van der Waals surface area contributed by atoms with Crippen molar-refractivity contribution in [2.24, 2.45) is 0 Å². The molecule has 4 nitrogen and oxygen atoms in total. The molecule has 0 unspecified atom stereocenters. The molecular formula is C19H22N2O2. The number of ether oxygens (including phenoxy) is 1. The predicted octanol–water partition coefficient (Wildman–Crippen LogP) is 4.13. The summed E-state index contributed by atoms with van der Waals surface area (Å²) in [6.45, 7) is 4.07. The molecule has 1 heterocycles. The molecule has 0 saturated carbocycles. The highest BCUT2D eigenvalue weighted by molar-refractivity contribution is 5.94. The molecule has 23 heavy (non-hydrogen) atoms. The minimum Gasteiger partial charge on any atom is -0.465 e. The molecule has 1 aliphatic heterocycles. The fourth-order valence-corrected chi connectivity index (χ4v) is 3.02. The van der Waals surface area contributed by atoms with Gasteiger partial charge in [0.15, 0.2) is 0 Å². The van der Waals surface area contributed by atoms with Gasteiger partial charge in [-0.05, 0) is 49.6 Å². The number of esters is 1. The highest BCUT2D eigenvalue weighted by atomic mass is 16.5. The van der Waals surface area contributed by atoms with Gasteiger partial charge in [0.1, 0.15) is 0 Å². The molecular weight excluding hydrogens is 288 g/mol. The molecule has 1 fully saturated rings. The van der Waals surface area contributed by atoms with E-state index in [1.165, 1.54) is 20.0 Å². The summed E-state index contributed by atoms with van der Waals surface area (Å²) in [4.78, 5) is 14.4. The first kappa shape index (κ1) is 15.4. The summed E-state index contributed by atoms with van der Waals surface area (Å²) >= 11 is 0. The number of rotatable bonds is 4. The van der Waals surface area contributed by atoms with Gasteiger partial charge in [0.05, 0.1) is 24.0 Å². The maximum absolute atomic E-state index is 12.0. The van der Waals surface area contributed by atoms with Crippen molar-refractivity contribution in [2.45, 2.75) is 19.8 Å². The first-order chi connectivity index (χ1) is 11.2. The van der Waals surface area contributed by atoms with Crippen molar-refractivity contribution in [2.75, 3.05) is 30.4 Å². The van der Waals surface area contributed by atoms with Crippen LogP contribution in [0.3, 0.4) is 0 Å². The summed E-state index contributed by atoms with van der Waals surface area (Å²) in [5, 5.41) is 3.45. The Hall–Kier alpha value is -2.49. The van der Waals surface area contributed by atoms with Crippen LogP contribution in [-0.4, -0.2) is 26.2 Å². The first-order valence-corrected chi connectivity index (χ1v) is 7.99. The zero-order valence-corrected chi connectivity index (χ0v) is 13.6. The molecule has 1 saturated heterocycles. The van der Waals surface area contributed by atoms with Crippen LogP contribution in [0.5, 0.6) is 0 Å². The number of para-hydroxylation sites is 1. The van der Waals surface area contributed by atoms with Crippen molar-refractivity contribution < 1.29 is 9.53 Å². The standard InChI is InChI=1S/C19H22N2O2/c1-14-12-18(21-10-6-7-11-21)17(13-16(14)19(22)23-2)20-15-8-4-3-5-9-15/h3-5,8-9,12-13,20H,6-7,10-11H2,1-2H3. The highest BCUT2D eigenvalue weighted by Crippen LogP contribution is 2.34. The Morgan fingerprint density at radius 2 is 1.83 bits per heavy atom. The highest BCUT2D eigenvalue weighted by Gasteiger charge is 2.20. The van der Waals surface area contributed by atoms with E-state index in [1.54, 1.807) is 0 Å². The fraction of sp³-hybridized carbons (Fsp3) is 0.316. The van der Waals surface area contributed by atoms with Crippen molar-refractivity contribution in [3.8, 4) is 0 Å². The lowest BCUT2D eigenvalue weighted by Gasteiger charge is -2.24. The number of hydrogen-bond acceptors (Lipinski definition) is 4. The summed E-state index contributed by atoms with van der Waals surface area (Å²) in [5.41, 5.74) is 4.65. The van der Waals surface area contributed by atoms with Gasteiger partial charge < -0.3 is 15.0 Å². The average molecular weight is 310 g/mol. The van der Waals surface area contributed by atoms with E-state index < -0.39 is 0 Å². The molecule has 0 bridgehead atoms. The molecule has 0 radical (unpaired) electrons. The lowest BCUT2D eigenvalue weighted by molar-refractivity contribution is 0.0600. The normalized spacial score (nSPS) is 13.9. The number of carbonyl (C=O) groups is 1. The van der Waals surface area contributed by atoms with Crippen LogP contribution < -0.4 is 10.2 Å². The van der Waals surface area contributed by atoms with Gasteiger partial charge in [0, 0.05) is 18.8 Å². The third-order valence-corrected chi connectivity index (χ3v) is 4.25. The molecule has 0 aliphatic carbocycles. The van der Waals surface area contributed by atoms with Crippen LogP contribution in [0.15, 0.2) is 42.5 Å². The van der Waals surface area contributed by atoms with E-state index >= 15 is 0 Å². The molecule has 120 valence electrons. The third kappa shape index (κ3) is 3.31. The Kier molecular flexibility index (Phi) is 4.51. The molecule has 3 rings (SSSR count). The monoisotopic (exact) mass is 310 g/mol. The Bertz CT molecular complexity index is 692. The van der Waals surface area contributed by atoms with E-state index in [9.17, 15) is 4.79 Å². The van der Waals surface area contributed by atoms with Crippen LogP contribution in [0.1, 0.15) is 28.8 Å². The predicted molar refractivity (Wildman–Crippen MR) is 93.7 cm³/mol. The lowest BCUT2D eigenvalue weighted by Crippen LogP contribution is -2.20. The summed E-state index contributed by atoms with van der Waals surface area (Å²) in [7, 11) is 1.42. The smallest absolute Gasteiger partial charge is 0.338 e. The fourth-order valence-electron chi connectivity index (χ4n) is 3.02. The number of nitrogens with zero attached hydrogens (tertiary/aromatic N) is 1. The number of anilines is 3. The summed E-state index contributed by atoms with van der Waals surface area (Å²) in [6.07, 6.45) is 2.42. The second-order valence-electron chi connectivity index (χ2n) is 5.86. The SMILES string of the molecule is COC(=O)c1cc(Nc2ccccc2)c(N2CCCC2)cc1C. The zero-order valence-electron chi connectivity index (χ0n) is 13.6. The van der Waals surface area contributed by atoms with Crippen LogP contribution in [0.2, 0.25) is 0 Å². The van der Waals surface area contributed by atoms with Crippen molar-refractivity contribution in [1.82, 2.24) is 0 Å². The average Bonchev–Trinajstić information content (AvgIpc) is 3.10. The number of methoxy groups -OCH3 is 1. The van der Waals surface area contributed by atoms with E-state index in [0.717, 1.165) is 35.7 Å². The summed E-state index contributed by atoms with van der Waals surface area (Å²) in [5.74, 6) is -0.299. The van der Waals surface area contributed by atoms with Gasteiger partial charge in [-0.2, -0.15) is 0 Å². The first-order valence-electron chi connectivity index (χ1n) is 7.99. The maximum Gasteiger partial charge on any atom is 0.338 e. The molecule has 0 aromatic heterocycles. The lowest BCUT2D eigenvalue weighted by atomic mass is 10.1. The summed E-state index contributed by atoms with van der Waals surface area (Å²) in [6, 6.07) is 14.0. The number of nitrogens with one attached hydrogen (secondary N) is 1. The Morgan fingerprint density at radius 1 is 1.13 bits per heavy atom. The van der Waals surface area contributed by atoms with Gasteiger partial charge in [-0.25, -0.2) is 4.79 Å². The van der Waals surface area contributed by atoms with E-state index in [-0.39, 0.29) is 5.97 Å². The van der Waals surface area contributed by atoms with E-state index in [4.69, 9.17) is 4.74 Å². The third-order valence-electron chi connectivity index (χ3n) is 4.25. The van der Waals surface area contributed by atoms with Crippen molar-refractivity contribution >= 4 is 23.0 Å². The second kappa shape index (κ2) is 6.73. The van der Waals surface area contributed by atoms with Gasteiger partial charge in [0.2, 0.25) is 0 Å². The summed E-state index contributed by atoms with van der Waals surface area (Å²) < 4.78 is 4.91. The van der Waals surface area contributed by atoms with Gasteiger partial charge in [-0.1, -0.05) is 18.2 Å². The van der Waals surface area contributed by atoms with Crippen LogP contribution in [0.25, 0.3) is 0 Å². The van der Waals surface area contributed by atoms with Crippen LogP contribution >= 0.6 is 0 Å². The van der Waals surface area contributed by atoms with Crippen LogP contribution in [0.4, 0.5) is 17.1 Å². The number of aryl methyl sites for hydroxylation is 1. The van der Waals surface area contributed by atoms with E-state index in [0.29, 0.717) is 5.56 Å². The maximum atomic E-state index is 12.0. The Morgan fingerprint density at radius 3 is 2.48 bits per heavy atom. The molecule has 0 spiro atoms. The Balaban J connectivity index is 2.03. The Labute approximate surface area is 137 Å². The van der Waals surface area contributed by atoms with Gasteiger partial charge >= 0.3 is 5.97 Å². The van der Waals surface area contributed by atoms with Gasteiger partial charge in [0.25, 0.3) is 0 Å². The number of carbonyl (C=O) groups excluding carboxylic acids is 1. The topological polar surface area (TPSA) is 41.6 Å². The molecule has 0 amide bonds. The molecule has 0 atom stereocenters. The molecule has 2 aromatic carbocycles. The van der Waals surface area contributed by atoms with Crippen molar-refractivity contribution in [3.05, 3.63) is 53.6 Å². The zero-order chi connectivity index (χ0) is 16.2. The molecule has 2 aromatic rings. The van der Waals surface area contributed by atoms with E-state index in [2.05, 4.69) is 16.3 Å². The van der Waals surface area contributed by atoms with Crippen molar-refractivity contribution in [1.29, 1.82) is 0 Å². The van der Waals surface area contributed by atoms with E-state index in [1.807, 2.05) is 43.3 Å². The largest absolute Gasteiger partial charge is 0.465 e.